The predicted molar refractivity (Wildman–Crippen MR) is 61.4 cm³/mol. The monoisotopic (exact) mass is 302 g/mol. The molecule has 1 aromatic carbocycles. The standard InChI is InChI=1S/C11H12F6N2O/c1-19(3-2-11(15,16)17)8-5-9(20-10(13)14)6(12)4-7(8)18/h4-5,10H,2-3,18H2,1H3. The van der Waals surface area contributed by atoms with Gasteiger partial charge in [-0.25, -0.2) is 4.39 Å². The van der Waals surface area contributed by atoms with Gasteiger partial charge in [0.05, 0.1) is 17.8 Å². The van der Waals surface area contributed by atoms with Crippen molar-refractivity contribution < 1.29 is 31.1 Å². The molecule has 1 aromatic rings. The molecule has 0 aromatic heterocycles. The van der Waals surface area contributed by atoms with Crippen molar-refractivity contribution in [1.82, 2.24) is 0 Å². The molecule has 0 aliphatic carbocycles. The van der Waals surface area contributed by atoms with Crippen LogP contribution < -0.4 is 15.4 Å². The normalized spacial score (nSPS) is 11.8. The minimum absolute atomic E-state index is 0.0219. The molecule has 0 aliphatic heterocycles. The van der Waals surface area contributed by atoms with Gasteiger partial charge in [-0.05, 0) is 0 Å². The van der Waals surface area contributed by atoms with E-state index in [2.05, 4.69) is 4.74 Å². The summed E-state index contributed by atoms with van der Waals surface area (Å²) in [7, 11) is 1.28. The van der Waals surface area contributed by atoms with Crippen LogP contribution in [-0.2, 0) is 0 Å². The fourth-order valence-electron chi connectivity index (χ4n) is 1.49. The Morgan fingerprint density at radius 1 is 1.30 bits per heavy atom. The Kier molecular flexibility index (Phi) is 4.96. The van der Waals surface area contributed by atoms with Crippen LogP contribution in [0.25, 0.3) is 0 Å². The van der Waals surface area contributed by atoms with Crippen LogP contribution in [0.3, 0.4) is 0 Å². The third-order valence-electron chi connectivity index (χ3n) is 2.44. The first-order valence-corrected chi connectivity index (χ1v) is 5.42. The van der Waals surface area contributed by atoms with Crippen molar-refractivity contribution >= 4 is 11.4 Å². The maximum Gasteiger partial charge on any atom is 0.390 e. The number of benzene rings is 1. The van der Waals surface area contributed by atoms with E-state index in [1.54, 1.807) is 0 Å². The number of halogens is 6. The molecule has 0 amide bonds. The van der Waals surface area contributed by atoms with Crippen LogP contribution in [0.2, 0.25) is 0 Å². The summed E-state index contributed by atoms with van der Waals surface area (Å²) in [5.41, 5.74) is 5.26. The third-order valence-corrected chi connectivity index (χ3v) is 2.44. The van der Waals surface area contributed by atoms with E-state index in [1.165, 1.54) is 7.05 Å². The summed E-state index contributed by atoms with van der Waals surface area (Å²) in [6.07, 6.45) is -5.49. The van der Waals surface area contributed by atoms with Gasteiger partial charge in [0.2, 0.25) is 0 Å². The van der Waals surface area contributed by atoms with Gasteiger partial charge in [0, 0.05) is 25.7 Å². The van der Waals surface area contributed by atoms with Crippen molar-refractivity contribution in [3.63, 3.8) is 0 Å². The van der Waals surface area contributed by atoms with E-state index in [0.29, 0.717) is 0 Å². The van der Waals surface area contributed by atoms with E-state index in [4.69, 9.17) is 5.73 Å². The summed E-state index contributed by atoms with van der Waals surface area (Å²) >= 11 is 0. The Morgan fingerprint density at radius 2 is 1.90 bits per heavy atom. The largest absolute Gasteiger partial charge is 0.432 e. The van der Waals surface area contributed by atoms with Crippen molar-refractivity contribution in [3.05, 3.63) is 17.9 Å². The van der Waals surface area contributed by atoms with E-state index in [-0.39, 0.29) is 11.4 Å². The van der Waals surface area contributed by atoms with Crippen LogP contribution in [0.15, 0.2) is 12.1 Å². The number of rotatable bonds is 5. The molecule has 20 heavy (non-hydrogen) atoms. The van der Waals surface area contributed by atoms with Gasteiger partial charge in [-0.3, -0.25) is 0 Å². The highest BCUT2D eigenvalue weighted by Crippen LogP contribution is 2.32. The molecule has 0 radical (unpaired) electrons. The Bertz CT molecular complexity index is 463. The van der Waals surface area contributed by atoms with Crippen molar-refractivity contribution in [2.75, 3.05) is 24.2 Å². The quantitative estimate of drug-likeness (QED) is 0.669. The van der Waals surface area contributed by atoms with E-state index >= 15 is 0 Å². The average molecular weight is 302 g/mol. The van der Waals surface area contributed by atoms with Gasteiger partial charge in [-0.15, -0.1) is 0 Å². The summed E-state index contributed by atoms with van der Waals surface area (Å²) in [5.74, 6) is -1.89. The molecule has 1 rings (SSSR count). The van der Waals surface area contributed by atoms with Gasteiger partial charge >= 0.3 is 12.8 Å². The molecule has 0 atom stereocenters. The minimum Gasteiger partial charge on any atom is -0.432 e. The van der Waals surface area contributed by atoms with Crippen molar-refractivity contribution in [2.24, 2.45) is 0 Å². The number of ether oxygens (including phenoxy) is 1. The highest BCUT2D eigenvalue weighted by Gasteiger charge is 2.27. The molecule has 0 saturated heterocycles. The second kappa shape index (κ2) is 6.10. The smallest absolute Gasteiger partial charge is 0.390 e. The first kappa shape index (κ1) is 16.3. The van der Waals surface area contributed by atoms with Gasteiger partial charge in [0.15, 0.2) is 11.6 Å². The van der Waals surface area contributed by atoms with Gasteiger partial charge in [0.25, 0.3) is 0 Å². The number of hydrogen-bond donors (Lipinski definition) is 1. The van der Waals surface area contributed by atoms with Crippen LogP contribution in [0, 0.1) is 5.82 Å². The van der Waals surface area contributed by atoms with Crippen LogP contribution in [0.5, 0.6) is 5.75 Å². The van der Waals surface area contributed by atoms with Gasteiger partial charge in [0.1, 0.15) is 0 Å². The van der Waals surface area contributed by atoms with Crippen molar-refractivity contribution in [3.8, 4) is 5.75 Å². The molecule has 0 fully saturated rings. The minimum atomic E-state index is -4.37. The molecule has 0 heterocycles. The van der Waals surface area contributed by atoms with Crippen molar-refractivity contribution in [2.45, 2.75) is 19.2 Å². The Morgan fingerprint density at radius 3 is 2.40 bits per heavy atom. The van der Waals surface area contributed by atoms with E-state index in [1.807, 2.05) is 0 Å². The summed E-state index contributed by atoms with van der Waals surface area (Å²) < 4.78 is 77.6. The number of nitrogens with two attached hydrogens (primary N) is 1. The second-order valence-corrected chi connectivity index (χ2v) is 4.01. The number of alkyl halides is 5. The first-order chi connectivity index (χ1) is 9.10. The number of nitrogen functional groups attached to an aromatic ring is 1. The number of nitrogens with zero attached hydrogens (tertiary/aromatic N) is 1. The molecule has 0 aliphatic rings. The maximum absolute atomic E-state index is 13.3. The highest BCUT2D eigenvalue weighted by molar-refractivity contribution is 5.69. The topological polar surface area (TPSA) is 38.5 Å². The molecular weight excluding hydrogens is 290 g/mol. The molecule has 0 bridgehead atoms. The van der Waals surface area contributed by atoms with Crippen LogP contribution >= 0.6 is 0 Å². The highest BCUT2D eigenvalue weighted by atomic mass is 19.4. The lowest BCUT2D eigenvalue weighted by Gasteiger charge is -2.22. The summed E-state index contributed by atoms with van der Waals surface area (Å²) in [5, 5.41) is 0. The fraction of sp³-hybridized carbons (Fsp3) is 0.455. The fourth-order valence-corrected chi connectivity index (χ4v) is 1.49. The Balaban J connectivity index is 2.93. The van der Waals surface area contributed by atoms with Crippen LogP contribution in [0.1, 0.15) is 6.42 Å². The predicted octanol–water partition coefficient (Wildman–Crippen LogP) is 3.40. The molecular formula is C11H12F6N2O. The van der Waals surface area contributed by atoms with E-state index in [9.17, 15) is 26.3 Å². The first-order valence-electron chi connectivity index (χ1n) is 5.42. The number of hydrogen-bond acceptors (Lipinski definition) is 3. The molecule has 0 saturated carbocycles. The zero-order chi connectivity index (χ0) is 15.5. The van der Waals surface area contributed by atoms with E-state index < -0.39 is 37.3 Å². The zero-order valence-electron chi connectivity index (χ0n) is 10.3. The molecule has 0 spiro atoms. The van der Waals surface area contributed by atoms with Crippen LogP contribution in [-0.4, -0.2) is 26.4 Å². The number of anilines is 2. The third kappa shape index (κ3) is 4.71. The lowest BCUT2D eigenvalue weighted by molar-refractivity contribution is -0.132. The Hall–Kier alpha value is -1.80. The lowest BCUT2D eigenvalue weighted by atomic mass is 10.2. The van der Waals surface area contributed by atoms with Crippen LogP contribution in [0.4, 0.5) is 37.7 Å². The van der Waals surface area contributed by atoms with Gasteiger partial charge < -0.3 is 15.4 Å². The summed E-state index contributed by atoms with van der Waals surface area (Å²) in [6.45, 7) is -3.70. The van der Waals surface area contributed by atoms with Gasteiger partial charge in [-0.1, -0.05) is 0 Å². The molecule has 0 unspecified atom stereocenters. The average Bonchev–Trinajstić information content (AvgIpc) is 2.28. The molecule has 9 heteroatoms. The molecule has 3 nitrogen and oxygen atoms in total. The Labute approximate surface area is 110 Å². The van der Waals surface area contributed by atoms with E-state index in [0.717, 1.165) is 17.0 Å². The molecule has 2 N–H and O–H groups in total. The summed E-state index contributed by atoms with van der Waals surface area (Å²) in [6, 6.07) is 1.56. The SMILES string of the molecule is CN(CCC(F)(F)F)c1cc(OC(F)F)c(F)cc1N. The second-order valence-electron chi connectivity index (χ2n) is 4.01. The lowest BCUT2D eigenvalue weighted by Crippen LogP contribution is -2.25. The summed E-state index contributed by atoms with van der Waals surface area (Å²) in [4.78, 5) is 1.08. The molecule has 114 valence electrons. The maximum atomic E-state index is 13.3. The zero-order valence-corrected chi connectivity index (χ0v) is 10.3. The van der Waals surface area contributed by atoms with Gasteiger partial charge in [-0.2, -0.15) is 22.0 Å². The van der Waals surface area contributed by atoms with Crippen molar-refractivity contribution in [1.29, 1.82) is 0 Å².